The lowest BCUT2D eigenvalue weighted by Gasteiger charge is -2.22. The molecule has 68 valence electrons. The Morgan fingerprint density at radius 1 is 1.36 bits per heavy atom. The van der Waals surface area contributed by atoms with Gasteiger partial charge in [-0.2, -0.15) is 0 Å². The summed E-state index contributed by atoms with van der Waals surface area (Å²) in [6.07, 6.45) is 2.52. The lowest BCUT2D eigenvalue weighted by atomic mass is 9.94. The Kier molecular flexibility index (Phi) is 5.51. The van der Waals surface area contributed by atoms with Crippen LogP contribution in [-0.2, 0) is 0 Å². The van der Waals surface area contributed by atoms with Crippen molar-refractivity contribution < 1.29 is 0 Å². The van der Waals surface area contributed by atoms with Crippen LogP contribution in [0.5, 0.6) is 0 Å². The highest BCUT2D eigenvalue weighted by molar-refractivity contribution is 4.71. The van der Waals surface area contributed by atoms with Gasteiger partial charge in [-0.3, -0.25) is 0 Å². The average molecular weight is 158 g/mol. The van der Waals surface area contributed by atoms with Gasteiger partial charge in [-0.25, -0.2) is 0 Å². The first-order valence-electron chi connectivity index (χ1n) is 4.53. The summed E-state index contributed by atoms with van der Waals surface area (Å²) in [6.45, 7) is 9.49. The Morgan fingerprint density at radius 2 is 2.00 bits per heavy atom. The maximum atomic E-state index is 5.58. The van der Waals surface area contributed by atoms with Crippen LogP contribution in [0.25, 0.3) is 0 Å². The predicted molar refractivity (Wildman–Crippen MR) is 50.6 cm³/mol. The van der Waals surface area contributed by atoms with Crippen LogP contribution in [0.2, 0.25) is 0 Å². The second-order valence-electron chi connectivity index (χ2n) is 3.90. The zero-order valence-corrected chi connectivity index (χ0v) is 8.11. The third kappa shape index (κ3) is 6.32. The van der Waals surface area contributed by atoms with E-state index in [9.17, 15) is 0 Å². The zero-order chi connectivity index (χ0) is 8.74. The minimum Gasteiger partial charge on any atom is -0.330 e. The third-order valence-corrected chi connectivity index (χ3v) is 1.86. The summed E-state index contributed by atoms with van der Waals surface area (Å²) in [5, 5.41) is 3.40. The van der Waals surface area contributed by atoms with Crippen molar-refractivity contribution in [2.45, 2.75) is 33.6 Å². The molecule has 0 aromatic heterocycles. The molecular formula is C9H22N2. The molecule has 0 atom stereocenters. The van der Waals surface area contributed by atoms with E-state index in [1.807, 2.05) is 0 Å². The molecule has 0 radical (unpaired) electrons. The van der Waals surface area contributed by atoms with Crippen LogP contribution in [0.1, 0.15) is 33.6 Å². The van der Waals surface area contributed by atoms with Gasteiger partial charge in [-0.1, -0.05) is 27.2 Å². The van der Waals surface area contributed by atoms with Gasteiger partial charge in [0.15, 0.2) is 0 Å². The van der Waals surface area contributed by atoms with Gasteiger partial charge in [0.05, 0.1) is 0 Å². The number of nitrogens with two attached hydrogens (primary N) is 1. The van der Waals surface area contributed by atoms with E-state index in [-0.39, 0.29) is 5.41 Å². The monoisotopic (exact) mass is 158 g/mol. The van der Waals surface area contributed by atoms with Gasteiger partial charge in [-0.05, 0) is 24.9 Å². The number of unbranched alkanes of at least 4 members (excludes halogenated alkanes) is 1. The van der Waals surface area contributed by atoms with Gasteiger partial charge in [0, 0.05) is 6.54 Å². The molecule has 0 spiro atoms. The first-order chi connectivity index (χ1) is 5.12. The quantitative estimate of drug-likeness (QED) is 0.573. The number of nitrogens with one attached hydrogen (secondary N) is 1. The Labute approximate surface area is 70.5 Å². The van der Waals surface area contributed by atoms with Gasteiger partial charge in [-0.15, -0.1) is 0 Å². The standard InChI is InChI=1S/C9H22N2/c1-4-5-6-11-8-9(2,3)7-10/h11H,4-8,10H2,1-3H3. The molecule has 2 nitrogen and oxygen atoms in total. The number of hydrogen-bond acceptors (Lipinski definition) is 2. The molecule has 0 rings (SSSR count). The fourth-order valence-corrected chi connectivity index (χ4v) is 0.801. The topological polar surface area (TPSA) is 38.0 Å². The molecule has 0 saturated carbocycles. The summed E-state index contributed by atoms with van der Waals surface area (Å²) in [4.78, 5) is 0. The normalized spacial score (nSPS) is 12.0. The summed E-state index contributed by atoms with van der Waals surface area (Å²) < 4.78 is 0. The largest absolute Gasteiger partial charge is 0.330 e. The molecular weight excluding hydrogens is 136 g/mol. The van der Waals surface area contributed by atoms with Crippen LogP contribution >= 0.6 is 0 Å². The molecule has 0 amide bonds. The van der Waals surface area contributed by atoms with Crippen LogP contribution in [0.4, 0.5) is 0 Å². The van der Waals surface area contributed by atoms with Crippen molar-refractivity contribution >= 4 is 0 Å². The molecule has 0 aromatic carbocycles. The van der Waals surface area contributed by atoms with E-state index in [0.29, 0.717) is 0 Å². The maximum absolute atomic E-state index is 5.58. The summed E-state index contributed by atoms with van der Waals surface area (Å²) in [6, 6.07) is 0. The van der Waals surface area contributed by atoms with Crippen molar-refractivity contribution in [2.24, 2.45) is 11.1 Å². The summed E-state index contributed by atoms with van der Waals surface area (Å²) in [5.41, 5.74) is 5.84. The van der Waals surface area contributed by atoms with Crippen LogP contribution in [0.15, 0.2) is 0 Å². The average Bonchev–Trinajstić information content (AvgIpc) is 1.99. The van der Waals surface area contributed by atoms with Gasteiger partial charge in [0.25, 0.3) is 0 Å². The Hall–Kier alpha value is -0.0800. The van der Waals surface area contributed by atoms with Crippen LogP contribution < -0.4 is 11.1 Å². The highest BCUT2D eigenvalue weighted by Gasteiger charge is 2.13. The van der Waals surface area contributed by atoms with Crippen molar-refractivity contribution in [1.29, 1.82) is 0 Å². The summed E-state index contributed by atoms with van der Waals surface area (Å²) in [7, 11) is 0. The van der Waals surface area contributed by atoms with Crippen LogP contribution in [0, 0.1) is 5.41 Å². The second kappa shape index (κ2) is 5.56. The van der Waals surface area contributed by atoms with Crippen molar-refractivity contribution in [1.82, 2.24) is 5.32 Å². The predicted octanol–water partition coefficient (Wildman–Crippen LogP) is 1.36. The van der Waals surface area contributed by atoms with Gasteiger partial charge < -0.3 is 11.1 Å². The van der Waals surface area contributed by atoms with E-state index in [1.54, 1.807) is 0 Å². The molecule has 0 fully saturated rings. The summed E-state index contributed by atoms with van der Waals surface area (Å²) in [5.74, 6) is 0. The van der Waals surface area contributed by atoms with Crippen molar-refractivity contribution in [2.75, 3.05) is 19.6 Å². The maximum Gasteiger partial charge on any atom is 0.00146 e. The van der Waals surface area contributed by atoms with E-state index in [2.05, 4.69) is 26.1 Å². The third-order valence-electron chi connectivity index (χ3n) is 1.86. The van der Waals surface area contributed by atoms with E-state index in [0.717, 1.165) is 19.6 Å². The Balaban J connectivity index is 3.23. The van der Waals surface area contributed by atoms with Crippen LogP contribution in [-0.4, -0.2) is 19.6 Å². The second-order valence-corrected chi connectivity index (χ2v) is 3.90. The van der Waals surface area contributed by atoms with Gasteiger partial charge >= 0.3 is 0 Å². The fourth-order valence-electron chi connectivity index (χ4n) is 0.801. The lowest BCUT2D eigenvalue weighted by molar-refractivity contribution is 0.351. The lowest BCUT2D eigenvalue weighted by Crippen LogP contribution is -2.35. The zero-order valence-electron chi connectivity index (χ0n) is 8.11. The summed E-state index contributed by atoms with van der Waals surface area (Å²) >= 11 is 0. The van der Waals surface area contributed by atoms with E-state index in [4.69, 9.17) is 5.73 Å². The van der Waals surface area contributed by atoms with Crippen molar-refractivity contribution in [3.8, 4) is 0 Å². The van der Waals surface area contributed by atoms with Gasteiger partial charge in [0.1, 0.15) is 0 Å². The molecule has 0 aliphatic heterocycles. The van der Waals surface area contributed by atoms with Gasteiger partial charge in [0.2, 0.25) is 0 Å². The smallest absolute Gasteiger partial charge is 0.00146 e. The molecule has 0 aliphatic carbocycles. The molecule has 0 aliphatic rings. The molecule has 0 aromatic rings. The first kappa shape index (κ1) is 10.9. The fraction of sp³-hybridized carbons (Fsp3) is 1.00. The van der Waals surface area contributed by atoms with Crippen molar-refractivity contribution in [3.63, 3.8) is 0 Å². The molecule has 3 N–H and O–H groups in total. The first-order valence-corrected chi connectivity index (χ1v) is 4.53. The highest BCUT2D eigenvalue weighted by Crippen LogP contribution is 2.09. The van der Waals surface area contributed by atoms with E-state index < -0.39 is 0 Å². The molecule has 2 heteroatoms. The minimum atomic E-state index is 0.258. The highest BCUT2D eigenvalue weighted by atomic mass is 14.9. The molecule has 0 saturated heterocycles. The Bertz CT molecular complexity index is 89.6. The SMILES string of the molecule is CCCCNCC(C)(C)CN. The van der Waals surface area contributed by atoms with E-state index >= 15 is 0 Å². The van der Waals surface area contributed by atoms with Crippen LogP contribution in [0.3, 0.4) is 0 Å². The number of hydrogen-bond donors (Lipinski definition) is 2. The van der Waals surface area contributed by atoms with Crippen molar-refractivity contribution in [3.05, 3.63) is 0 Å². The Morgan fingerprint density at radius 3 is 2.45 bits per heavy atom. The molecule has 0 heterocycles. The number of rotatable bonds is 6. The molecule has 0 bridgehead atoms. The molecule has 11 heavy (non-hydrogen) atoms. The minimum absolute atomic E-state index is 0.258. The molecule has 0 unspecified atom stereocenters. The van der Waals surface area contributed by atoms with E-state index in [1.165, 1.54) is 12.8 Å².